The van der Waals surface area contributed by atoms with Gasteiger partial charge in [-0.05, 0) is 74.0 Å². The van der Waals surface area contributed by atoms with Crippen LogP contribution in [0.1, 0.15) is 86.0 Å². The van der Waals surface area contributed by atoms with Gasteiger partial charge >= 0.3 is 0 Å². The average molecular weight is 388 g/mol. The molecule has 0 spiro atoms. The molecule has 5 atom stereocenters. The van der Waals surface area contributed by atoms with Gasteiger partial charge in [0.1, 0.15) is 0 Å². The summed E-state index contributed by atoms with van der Waals surface area (Å²) in [5.41, 5.74) is 3.65. The molecule has 160 valence electrons. The molecule has 3 aliphatic rings. The minimum Gasteiger partial charge on any atom is -0.395 e. The topological polar surface area (TPSA) is 23.5 Å². The van der Waals surface area contributed by atoms with Gasteiger partial charge in [0.25, 0.3) is 0 Å². The van der Waals surface area contributed by atoms with Crippen LogP contribution in [-0.2, 0) is 0 Å². The number of hydrogen-bond donors (Lipinski definition) is 1. The van der Waals surface area contributed by atoms with Crippen LogP contribution in [0.3, 0.4) is 0 Å². The monoisotopic (exact) mass is 387 g/mol. The van der Waals surface area contributed by atoms with Crippen LogP contribution in [0.4, 0.5) is 0 Å². The molecule has 0 aromatic rings. The zero-order valence-corrected chi connectivity index (χ0v) is 19.3. The molecular weight excluding hydrogens is 342 g/mol. The summed E-state index contributed by atoms with van der Waals surface area (Å²) in [6, 6.07) is 0. The Balaban J connectivity index is 1.88. The van der Waals surface area contributed by atoms with E-state index >= 15 is 0 Å². The number of rotatable bonds is 7. The molecule has 3 rings (SSSR count). The summed E-state index contributed by atoms with van der Waals surface area (Å²) in [4.78, 5) is 2.40. The van der Waals surface area contributed by atoms with E-state index in [1.54, 1.807) is 5.57 Å². The molecule has 2 nitrogen and oxygen atoms in total. The molecule has 2 fully saturated rings. The Bertz CT molecular complexity index is 587. The van der Waals surface area contributed by atoms with Crippen molar-refractivity contribution < 1.29 is 5.11 Å². The smallest absolute Gasteiger partial charge is 0.0606 e. The van der Waals surface area contributed by atoms with Crippen molar-refractivity contribution in [2.24, 2.45) is 34.5 Å². The van der Waals surface area contributed by atoms with Crippen LogP contribution in [0.5, 0.6) is 0 Å². The lowest BCUT2D eigenvalue weighted by Crippen LogP contribution is -2.55. The first-order valence-corrected chi connectivity index (χ1v) is 12.0. The van der Waals surface area contributed by atoms with Gasteiger partial charge in [0.15, 0.2) is 0 Å². The highest BCUT2D eigenvalue weighted by Gasteiger charge is 2.57. The highest BCUT2D eigenvalue weighted by molar-refractivity contribution is 5.21. The van der Waals surface area contributed by atoms with E-state index in [2.05, 4.69) is 52.2 Å². The number of hydrogen-bond acceptors (Lipinski definition) is 2. The van der Waals surface area contributed by atoms with Gasteiger partial charge in [-0.2, -0.15) is 0 Å². The Hall–Kier alpha value is -0.760. The van der Waals surface area contributed by atoms with Gasteiger partial charge in [-0.3, -0.25) is 0 Å². The third-order valence-corrected chi connectivity index (χ3v) is 8.95. The van der Waals surface area contributed by atoms with E-state index in [9.17, 15) is 5.11 Å². The van der Waals surface area contributed by atoms with E-state index in [1.807, 2.05) is 0 Å². The van der Waals surface area contributed by atoms with E-state index < -0.39 is 0 Å². The molecule has 0 saturated heterocycles. The zero-order chi connectivity index (χ0) is 20.5. The Labute approximate surface area is 174 Å². The van der Waals surface area contributed by atoms with E-state index in [-0.39, 0.29) is 12.0 Å². The van der Waals surface area contributed by atoms with Crippen molar-refractivity contribution in [3.63, 3.8) is 0 Å². The van der Waals surface area contributed by atoms with Crippen molar-refractivity contribution in [1.82, 2.24) is 4.90 Å². The summed E-state index contributed by atoms with van der Waals surface area (Å²) < 4.78 is 0. The molecule has 0 aromatic carbocycles. The maximum absolute atomic E-state index is 9.61. The fraction of sp³-hybridized carbons (Fsp3) is 0.846. The van der Waals surface area contributed by atoms with Crippen LogP contribution in [0.15, 0.2) is 23.9 Å². The molecule has 0 bridgehead atoms. The molecule has 28 heavy (non-hydrogen) atoms. The third-order valence-electron chi connectivity index (χ3n) is 8.95. The number of aliphatic hydroxyl groups is 1. The largest absolute Gasteiger partial charge is 0.395 e. The minimum absolute atomic E-state index is 0.185. The minimum atomic E-state index is 0.185. The molecule has 0 aliphatic heterocycles. The molecule has 3 aliphatic carbocycles. The van der Waals surface area contributed by atoms with Gasteiger partial charge in [0.05, 0.1) is 6.61 Å². The first-order valence-electron chi connectivity index (χ1n) is 12.0. The standard InChI is InChI=1S/C26H45NO/c1-7-15-27(16-17-28)20(4)25(5)13-8-14-26(6)23-11-9-21(19(2)3)18-22(23)10-12-24(25)26/h18-19,22-24,28H,4,7-17H2,1-3,5-6H3. The Morgan fingerprint density at radius 2 is 1.96 bits per heavy atom. The van der Waals surface area contributed by atoms with E-state index in [1.165, 1.54) is 50.6 Å². The van der Waals surface area contributed by atoms with Gasteiger partial charge in [-0.15, -0.1) is 0 Å². The van der Waals surface area contributed by atoms with Crippen molar-refractivity contribution in [3.05, 3.63) is 23.9 Å². The van der Waals surface area contributed by atoms with Gasteiger partial charge in [-0.1, -0.05) is 59.3 Å². The van der Waals surface area contributed by atoms with Crippen LogP contribution in [0, 0.1) is 34.5 Å². The lowest BCUT2D eigenvalue weighted by atomic mass is 9.44. The summed E-state index contributed by atoms with van der Waals surface area (Å²) in [6.07, 6.45) is 13.2. The lowest BCUT2D eigenvalue weighted by molar-refractivity contribution is -0.0938. The summed E-state index contributed by atoms with van der Waals surface area (Å²) in [6.45, 7) is 18.7. The SMILES string of the molecule is C=C(N(CCC)CCO)C1(C)CCCC2(C)C3CCC(C(C)C)=CC3CCC12. The molecule has 1 N–H and O–H groups in total. The van der Waals surface area contributed by atoms with E-state index in [0.717, 1.165) is 37.3 Å². The van der Waals surface area contributed by atoms with Crippen LogP contribution in [0.2, 0.25) is 0 Å². The molecule has 0 heterocycles. The lowest BCUT2D eigenvalue weighted by Gasteiger charge is -2.62. The number of allylic oxidation sites excluding steroid dienone is 3. The third kappa shape index (κ3) is 3.71. The molecule has 0 radical (unpaired) electrons. The second kappa shape index (κ2) is 8.54. The van der Waals surface area contributed by atoms with Gasteiger partial charge < -0.3 is 10.0 Å². The number of nitrogens with zero attached hydrogens (tertiary/aromatic N) is 1. The maximum Gasteiger partial charge on any atom is 0.0606 e. The molecule has 0 amide bonds. The average Bonchev–Trinajstić information content (AvgIpc) is 2.66. The molecule has 2 saturated carbocycles. The van der Waals surface area contributed by atoms with Gasteiger partial charge in [0.2, 0.25) is 0 Å². The van der Waals surface area contributed by atoms with E-state index in [0.29, 0.717) is 11.3 Å². The summed E-state index contributed by atoms with van der Waals surface area (Å²) in [7, 11) is 0. The van der Waals surface area contributed by atoms with Crippen molar-refractivity contribution in [1.29, 1.82) is 0 Å². The predicted octanol–water partition coefficient (Wildman–Crippen LogP) is 6.42. The summed E-state index contributed by atoms with van der Waals surface area (Å²) in [5.74, 6) is 3.09. The first-order chi connectivity index (χ1) is 13.3. The Kier molecular flexibility index (Phi) is 6.69. The summed E-state index contributed by atoms with van der Waals surface area (Å²) in [5, 5.41) is 9.61. The number of fused-ring (bicyclic) bond motifs is 3. The van der Waals surface area contributed by atoms with E-state index in [4.69, 9.17) is 0 Å². The second-order valence-electron chi connectivity index (χ2n) is 10.8. The Morgan fingerprint density at radius 3 is 2.61 bits per heavy atom. The second-order valence-corrected chi connectivity index (χ2v) is 10.8. The van der Waals surface area contributed by atoms with Crippen LogP contribution < -0.4 is 0 Å². The maximum atomic E-state index is 9.61. The quantitative estimate of drug-likeness (QED) is 0.509. The molecular formula is C26H45NO. The van der Waals surface area contributed by atoms with Gasteiger partial charge in [-0.25, -0.2) is 0 Å². The fourth-order valence-corrected chi connectivity index (χ4v) is 7.44. The first kappa shape index (κ1) is 21.9. The Morgan fingerprint density at radius 1 is 1.21 bits per heavy atom. The predicted molar refractivity (Wildman–Crippen MR) is 120 cm³/mol. The highest BCUT2D eigenvalue weighted by Crippen LogP contribution is 2.65. The van der Waals surface area contributed by atoms with Crippen LogP contribution >= 0.6 is 0 Å². The van der Waals surface area contributed by atoms with Crippen molar-refractivity contribution in [2.75, 3.05) is 19.7 Å². The fourth-order valence-electron chi connectivity index (χ4n) is 7.44. The molecule has 2 heteroatoms. The highest BCUT2D eigenvalue weighted by atomic mass is 16.3. The van der Waals surface area contributed by atoms with Crippen molar-refractivity contribution >= 4 is 0 Å². The zero-order valence-electron chi connectivity index (χ0n) is 19.3. The van der Waals surface area contributed by atoms with Crippen molar-refractivity contribution in [2.45, 2.75) is 86.0 Å². The normalized spacial score (nSPS) is 37.8. The van der Waals surface area contributed by atoms with Crippen LogP contribution in [0.25, 0.3) is 0 Å². The molecule has 0 aromatic heterocycles. The summed E-state index contributed by atoms with van der Waals surface area (Å²) >= 11 is 0. The van der Waals surface area contributed by atoms with Crippen molar-refractivity contribution in [3.8, 4) is 0 Å². The van der Waals surface area contributed by atoms with Crippen LogP contribution in [-0.4, -0.2) is 29.7 Å². The molecule has 5 unspecified atom stereocenters. The van der Waals surface area contributed by atoms with Gasteiger partial charge in [0, 0.05) is 24.2 Å². The number of aliphatic hydroxyl groups excluding tert-OH is 1.